The Kier molecular flexibility index (Phi) is 3.73. The summed E-state index contributed by atoms with van der Waals surface area (Å²) in [4.78, 5) is 15.7. The molecule has 0 atom stereocenters. The minimum Gasteiger partial charge on any atom is -0.478 e. The van der Waals surface area contributed by atoms with Crippen LogP contribution in [0, 0.1) is 0 Å². The van der Waals surface area contributed by atoms with Crippen molar-refractivity contribution in [3.05, 3.63) is 40.7 Å². The number of hydrogen-bond donors (Lipinski definition) is 1. The van der Waals surface area contributed by atoms with E-state index in [1.807, 2.05) is 24.4 Å². The smallest absolute Gasteiger partial charge is 0.337 e. The van der Waals surface area contributed by atoms with Crippen LogP contribution in [-0.2, 0) is 5.54 Å². The van der Waals surface area contributed by atoms with Crippen LogP contribution in [-0.4, -0.2) is 31.1 Å². The molecule has 0 aliphatic carbocycles. The fraction of sp³-hybridized carbons (Fsp3) is 0.250. The van der Waals surface area contributed by atoms with Gasteiger partial charge in [-0.15, -0.1) is 16.4 Å². The van der Waals surface area contributed by atoms with Crippen LogP contribution in [0.4, 0.5) is 0 Å². The monoisotopic (exact) mass is 328 g/mol. The molecule has 0 spiro atoms. The molecule has 0 bridgehead atoms. The van der Waals surface area contributed by atoms with Crippen molar-refractivity contribution >= 4 is 39.7 Å². The minimum atomic E-state index is -0.942. The Bertz CT molecular complexity index is 902. The first-order valence-corrected chi connectivity index (χ1v) is 7.90. The number of aromatic carboxylic acids is 1. The zero-order valence-corrected chi connectivity index (χ0v) is 13.8. The summed E-state index contributed by atoms with van der Waals surface area (Å²) >= 11 is 1.35. The highest BCUT2D eigenvalue weighted by Gasteiger charge is 2.14. The molecule has 3 aromatic rings. The number of aromatic nitrogens is 4. The van der Waals surface area contributed by atoms with E-state index >= 15 is 0 Å². The number of benzene rings is 1. The molecule has 0 saturated carbocycles. The van der Waals surface area contributed by atoms with E-state index in [0.29, 0.717) is 10.2 Å². The van der Waals surface area contributed by atoms with Crippen LogP contribution < -0.4 is 0 Å². The second-order valence-corrected chi connectivity index (χ2v) is 7.13. The van der Waals surface area contributed by atoms with E-state index in [-0.39, 0.29) is 11.1 Å². The standard InChI is InChI=1S/C16H16N4O2S/c1-16(2,3)20-9-10(18-19-20)7-8-13-17-12-6-4-5-11(15(21)22)14(12)23-13/h4-9H,1-3H3,(H,21,22)/b8-7+. The fourth-order valence-corrected chi connectivity index (χ4v) is 3.02. The van der Waals surface area contributed by atoms with Crippen molar-refractivity contribution in [3.63, 3.8) is 0 Å². The van der Waals surface area contributed by atoms with Gasteiger partial charge in [-0.1, -0.05) is 11.3 Å². The van der Waals surface area contributed by atoms with E-state index < -0.39 is 5.97 Å². The second kappa shape index (κ2) is 5.58. The molecule has 2 heterocycles. The molecule has 118 valence electrons. The lowest BCUT2D eigenvalue weighted by Crippen LogP contribution is -2.22. The third kappa shape index (κ3) is 3.14. The van der Waals surface area contributed by atoms with Crippen LogP contribution in [0.5, 0.6) is 0 Å². The highest BCUT2D eigenvalue weighted by molar-refractivity contribution is 7.19. The zero-order chi connectivity index (χ0) is 16.6. The van der Waals surface area contributed by atoms with E-state index in [0.717, 1.165) is 10.7 Å². The van der Waals surface area contributed by atoms with Gasteiger partial charge in [-0.2, -0.15) is 0 Å². The van der Waals surface area contributed by atoms with Gasteiger partial charge in [0, 0.05) is 0 Å². The highest BCUT2D eigenvalue weighted by atomic mass is 32.1. The van der Waals surface area contributed by atoms with E-state index in [1.54, 1.807) is 16.8 Å². The lowest BCUT2D eigenvalue weighted by atomic mass is 10.1. The Balaban J connectivity index is 1.91. The molecular weight excluding hydrogens is 312 g/mol. The average molecular weight is 328 g/mol. The molecule has 0 amide bonds. The van der Waals surface area contributed by atoms with Crippen molar-refractivity contribution in [2.75, 3.05) is 0 Å². The van der Waals surface area contributed by atoms with E-state index in [9.17, 15) is 9.90 Å². The summed E-state index contributed by atoms with van der Waals surface area (Å²) in [5.41, 5.74) is 1.58. The number of rotatable bonds is 3. The predicted octanol–water partition coefficient (Wildman–Crippen LogP) is 3.51. The molecule has 0 aliphatic rings. The zero-order valence-electron chi connectivity index (χ0n) is 13.0. The number of fused-ring (bicyclic) bond motifs is 1. The summed E-state index contributed by atoms with van der Waals surface area (Å²) in [6, 6.07) is 5.10. The van der Waals surface area contributed by atoms with Gasteiger partial charge < -0.3 is 5.11 Å². The number of thiazole rings is 1. The molecule has 0 unspecified atom stereocenters. The summed E-state index contributed by atoms with van der Waals surface area (Å²) in [7, 11) is 0. The summed E-state index contributed by atoms with van der Waals surface area (Å²) in [5.74, 6) is -0.942. The maximum atomic E-state index is 11.2. The second-order valence-electron chi connectivity index (χ2n) is 6.10. The van der Waals surface area contributed by atoms with Gasteiger partial charge >= 0.3 is 5.97 Å². The predicted molar refractivity (Wildman–Crippen MR) is 90.5 cm³/mol. The lowest BCUT2D eigenvalue weighted by molar-refractivity contribution is 0.0699. The summed E-state index contributed by atoms with van der Waals surface area (Å²) in [6.45, 7) is 6.16. The number of hydrogen-bond acceptors (Lipinski definition) is 5. The Morgan fingerprint density at radius 3 is 2.74 bits per heavy atom. The Morgan fingerprint density at radius 2 is 2.09 bits per heavy atom. The molecule has 2 aromatic heterocycles. The normalized spacial score (nSPS) is 12.3. The summed E-state index contributed by atoms with van der Waals surface area (Å²) in [6.07, 6.45) is 5.52. The van der Waals surface area contributed by atoms with Crippen molar-refractivity contribution in [2.24, 2.45) is 0 Å². The maximum absolute atomic E-state index is 11.2. The molecule has 1 N–H and O–H groups in total. The van der Waals surface area contributed by atoms with Gasteiger partial charge in [0.25, 0.3) is 0 Å². The third-order valence-corrected chi connectivity index (χ3v) is 4.33. The van der Waals surface area contributed by atoms with Crippen LogP contribution in [0.15, 0.2) is 24.4 Å². The molecule has 0 radical (unpaired) electrons. The molecule has 23 heavy (non-hydrogen) atoms. The van der Waals surface area contributed by atoms with Crippen LogP contribution in [0.25, 0.3) is 22.4 Å². The molecule has 0 fully saturated rings. The van der Waals surface area contributed by atoms with Crippen molar-refractivity contribution < 1.29 is 9.90 Å². The first-order chi connectivity index (χ1) is 10.8. The Labute approximate surface area is 137 Å². The molecule has 7 heteroatoms. The molecule has 1 aromatic carbocycles. The molecule has 0 aliphatic heterocycles. The van der Waals surface area contributed by atoms with Gasteiger partial charge in [0.1, 0.15) is 10.7 Å². The van der Waals surface area contributed by atoms with Crippen LogP contribution in [0.1, 0.15) is 41.8 Å². The Morgan fingerprint density at radius 1 is 1.30 bits per heavy atom. The number of carbonyl (C=O) groups is 1. The number of carboxylic acids is 1. The highest BCUT2D eigenvalue weighted by Crippen LogP contribution is 2.27. The van der Waals surface area contributed by atoms with E-state index in [4.69, 9.17) is 0 Å². The topological polar surface area (TPSA) is 80.9 Å². The Hall–Kier alpha value is -2.54. The fourth-order valence-electron chi connectivity index (χ4n) is 2.04. The van der Waals surface area contributed by atoms with E-state index in [1.165, 1.54) is 11.3 Å². The summed E-state index contributed by atoms with van der Waals surface area (Å²) < 4.78 is 2.48. The van der Waals surface area contributed by atoms with Crippen molar-refractivity contribution in [3.8, 4) is 0 Å². The van der Waals surface area contributed by atoms with Crippen LogP contribution >= 0.6 is 11.3 Å². The van der Waals surface area contributed by atoms with Crippen molar-refractivity contribution in [1.29, 1.82) is 0 Å². The quantitative estimate of drug-likeness (QED) is 0.795. The molecular formula is C16H16N4O2S. The van der Waals surface area contributed by atoms with Gasteiger partial charge in [0.15, 0.2) is 0 Å². The minimum absolute atomic E-state index is 0.120. The van der Waals surface area contributed by atoms with Gasteiger partial charge in [0.2, 0.25) is 0 Å². The van der Waals surface area contributed by atoms with Crippen molar-refractivity contribution in [1.82, 2.24) is 20.0 Å². The molecule has 0 saturated heterocycles. The number of carboxylic acid groups (broad SMARTS) is 1. The van der Waals surface area contributed by atoms with Crippen molar-refractivity contribution in [2.45, 2.75) is 26.3 Å². The summed E-state index contributed by atoms with van der Waals surface area (Å²) in [5, 5.41) is 18.2. The van der Waals surface area contributed by atoms with Gasteiger partial charge in [-0.25, -0.2) is 14.5 Å². The van der Waals surface area contributed by atoms with Gasteiger partial charge in [-0.05, 0) is 45.1 Å². The first kappa shape index (κ1) is 15.4. The van der Waals surface area contributed by atoms with Crippen LogP contribution in [0.2, 0.25) is 0 Å². The first-order valence-electron chi connectivity index (χ1n) is 7.08. The van der Waals surface area contributed by atoms with E-state index in [2.05, 4.69) is 36.1 Å². The largest absolute Gasteiger partial charge is 0.478 e. The van der Waals surface area contributed by atoms with Gasteiger partial charge in [0.05, 0.1) is 27.5 Å². The van der Waals surface area contributed by atoms with Crippen LogP contribution in [0.3, 0.4) is 0 Å². The SMILES string of the molecule is CC(C)(C)n1cc(/C=C/c2nc3cccc(C(=O)O)c3s2)nn1. The molecule has 3 rings (SSSR count). The lowest BCUT2D eigenvalue weighted by Gasteiger charge is -2.17. The maximum Gasteiger partial charge on any atom is 0.337 e. The molecule has 6 nitrogen and oxygen atoms in total. The average Bonchev–Trinajstić information content (AvgIpc) is 3.10. The third-order valence-electron chi connectivity index (χ3n) is 3.26. The number of nitrogens with zero attached hydrogens (tertiary/aromatic N) is 4. The van der Waals surface area contributed by atoms with Gasteiger partial charge in [-0.3, -0.25) is 0 Å².